The smallest absolute Gasteiger partial charge is 0.275 e. The van der Waals surface area contributed by atoms with Crippen LogP contribution in [0.25, 0.3) is 37.4 Å². The zero-order valence-corrected chi connectivity index (χ0v) is 23.0. The van der Waals surface area contributed by atoms with E-state index in [1.165, 1.54) is 11.3 Å². The highest BCUT2D eigenvalue weighted by Gasteiger charge is 2.17. The maximum atomic E-state index is 13.5. The second-order valence-electron chi connectivity index (χ2n) is 9.69. The van der Waals surface area contributed by atoms with Crippen molar-refractivity contribution in [3.05, 3.63) is 70.2 Å². The van der Waals surface area contributed by atoms with Gasteiger partial charge < -0.3 is 14.2 Å². The normalized spacial score (nSPS) is 14.5. The summed E-state index contributed by atoms with van der Waals surface area (Å²) in [6.45, 7) is 5.52. The summed E-state index contributed by atoms with van der Waals surface area (Å²) in [6.07, 6.45) is 2.64. The first-order valence-electron chi connectivity index (χ1n) is 12.7. The summed E-state index contributed by atoms with van der Waals surface area (Å²) < 4.78 is 9.97. The molecule has 6 rings (SSSR count). The standard InChI is InChI=1S/C28H29ClN6O2S/c1-32(2)28-31-22-16-21(8-9-24(22)34(28)11-3-10-33-12-14-37-15-13-33)35-18-30-23-17-25(38-26(23)27(35)36)19-4-6-20(29)7-5-19/h4-9,16-18H,3,10-15H2,1-2H3. The predicted octanol–water partition coefficient (Wildman–Crippen LogP) is 4.91. The Balaban J connectivity index is 1.31. The molecule has 0 amide bonds. The van der Waals surface area contributed by atoms with Gasteiger partial charge in [0.1, 0.15) is 11.0 Å². The number of hydrogen-bond donors (Lipinski definition) is 0. The maximum Gasteiger partial charge on any atom is 0.275 e. The van der Waals surface area contributed by atoms with Gasteiger partial charge in [-0.25, -0.2) is 9.97 Å². The molecule has 0 bridgehead atoms. The van der Waals surface area contributed by atoms with Crippen LogP contribution in [0, 0.1) is 0 Å². The minimum Gasteiger partial charge on any atom is -0.379 e. The molecule has 38 heavy (non-hydrogen) atoms. The van der Waals surface area contributed by atoms with E-state index in [9.17, 15) is 4.79 Å². The van der Waals surface area contributed by atoms with E-state index >= 15 is 0 Å². The van der Waals surface area contributed by atoms with Crippen molar-refractivity contribution >= 4 is 50.1 Å². The number of imidazole rings is 1. The number of benzene rings is 2. The molecule has 1 aliphatic heterocycles. The van der Waals surface area contributed by atoms with Crippen LogP contribution in [0.5, 0.6) is 0 Å². The van der Waals surface area contributed by atoms with Crippen LogP contribution in [0.4, 0.5) is 5.95 Å². The molecular formula is C28H29ClN6O2S. The van der Waals surface area contributed by atoms with Gasteiger partial charge in [-0.2, -0.15) is 0 Å². The molecule has 1 saturated heterocycles. The molecule has 5 aromatic rings. The molecule has 10 heteroatoms. The summed E-state index contributed by atoms with van der Waals surface area (Å²) in [6, 6.07) is 15.6. The Labute approximate surface area is 229 Å². The molecule has 3 aromatic heterocycles. The number of aromatic nitrogens is 4. The number of thiophene rings is 1. The number of hydrogen-bond acceptors (Lipinski definition) is 7. The van der Waals surface area contributed by atoms with Gasteiger partial charge in [-0.15, -0.1) is 11.3 Å². The minimum absolute atomic E-state index is 0.0858. The van der Waals surface area contributed by atoms with Crippen LogP contribution in [0.3, 0.4) is 0 Å². The van der Waals surface area contributed by atoms with E-state index < -0.39 is 0 Å². The molecule has 8 nitrogen and oxygen atoms in total. The molecular weight excluding hydrogens is 520 g/mol. The van der Waals surface area contributed by atoms with Gasteiger partial charge in [0.2, 0.25) is 5.95 Å². The molecule has 0 atom stereocenters. The van der Waals surface area contributed by atoms with Crippen LogP contribution in [-0.4, -0.2) is 70.9 Å². The third-order valence-electron chi connectivity index (χ3n) is 6.92. The molecule has 1 fully saturated rings. The number of anilines is 1. The average Bonchev–Trinajstić information content (AvgIpc) is 3.52. The zero-order chi connectivity index (χ0) is 26.2. The molecule has 0 aliphatic carbocycles. The van der Waals surface area contributed by atoms with Crippen LogP contribution in [0.15, 0.2) is 59.7 Å². The molecule has 0 radical (unpaired) electrons. The summed E-state index contributed by atoms with van der Waals surface area (Å²) in [7, 11) is 4.02. The van der Waals surface area contributed by atoms with Crippen molar-refractivity contribution in [1.29, 1.82) is 0 Å². The Morgan fingerprint density at radius 3 is 2.58 bits per heavy atom. The summed E-state index contributed by atoms with van der Waals surface area (Å²) in [4.78, 5) is 28.5. The Morgan fingerprint density at radius 2 is 1.82 bits per heavy atom. The first-order chi connectivity index (χ1) is 18.5. The average molecular weight is 549 g/mol. The zero-order valence-electron chi connectivity index (χ0n) is 21.4. The molecule has 1 aliphatic rings. The van der Waals surface area contributed by atoms with Gasteiger partial charge in [0.25, 0.3) is 5.56 Å². The monoisotopic (exact) mass is 548 g/mol. The van der Waals surface area contributed by atoms with Gasteiger partial charge in [-0.05, 0) is 48.4 Å². The molecule has 0 saturated carbocycles. The Bertz CT molecular complexity index is 1650. The van der Waals surface area contributed by atoms with E-state index in [1.54, 1.807) is 10.9 Å². The fourth-order valence-electron chi connectivity index (χ4n) is 4.95. The third-order valence-corrected chi connectivity index (χ3v) is 8.33. The van der Waals surface area contributed by atoms with Crippen molar-refractivity contribution in [3.8, 4) is 16.1 Å². The number of nitrogens with zero attached hydrogens (tertiary/aromatic N) is 6. The summed E-state index contributed by atoms with van der Waals surface area (Å²) in [5, 5.41) is 0.683. The molecule has 0 N–H and O–H groups in total. The summed E-state index contributed by atoms with van der Waals surface area (Å²) in [5.41, 5.74) is 4.29. The largest absolute Gasteiger partial charge is 0.379 e. The number of rotatable bonds is 7. The second-order valence-corrected chi connectivity index (χ2v) is 11.2. The van der Waals surface area contributed by atoms with E-state index in [4.69, 9.17) is 21.3 Å². The maximum absolute atomic E-state index is 13.5. The molecule has 0 unspecified atom stereocenters. The topological polar surface area (TPSA) is 68.4 Å². The van der Waals surface area contributed by atoms with Crippen molar-refractivity contribution in [2.75, 3.05) is 51.8 Å². The second kappa shape index (κ2) is 10.5. The Hall–Kier alpha value is -3.24. The molecule has 2 aromatic carbocycles. The van der Waals surface area contributed by atoms with Crippen LogP contribution in [-0.2, 0) is 11.3 Å². The lowest BCUT2D eigenvalue weighted by Gasteiger charge is -2.26. The van der Waals surface area contributed by atoms with Gasteiger partial charge >= 0.3 is 0 Å². The van der Waals surface area contributed by atoms with Crippen molar-refractivity contribution in [3.63, 3.8) is 0 Å². The molecule has 196 valence electrons. The fraction of sp³-hybridized carbons (Fsp3) is 0.321. The van der Waals surface area contributed by atoms with Gasteiger partial charge in [-0.1, -0.05) is 23.7 Å². The number of morpholine rings is 1. The Kier molecular flexibility index (Phi) is 6.92. The van der Waals surface area contributed by atoms with E-state index in [0.717, 1.165) is 78.9 Å². The van der Waals surface area contributed by atoms with Crippen molar-refractivity contribution in [2.24, 2.45) is 0 Å². The minimum atomic E-state index is -0.0858. The van der Waals surface area contributed by atoms with E-state index in [1.807, 2.05) is 61.5 Å². The van der Waals surface area contributed by atoms with Crippen molar-refractivity contribution < 1.29 is 4.74 Å². The third kappa shape index (κ3) is 4.82. The van der Waals surface area contributed by atoms with Crippen LogP contribution >= 0.6 is 22.9 Å². The van der Waals surface area contributed by atoms with Gasteiger partial charge in [0.05, 0.1) is 35.5 Å². The number of fused-ring (bicyclic) bond motifs is 2. The highest BCUT2D eigenvalue weighted by Crippen LogP contribution is 2.32. The molecule has 0 spiro atoms. The SMILES string of the molecule is CN(C)c1nc2cc(-n3cnc4cc(-c5ccc(Cl)cc5)sc4c3=O)ccc2n1CCCN1CCOCC1. The number of halogens is 1. The van der Waals surface area contributed by atoms with Crippen molar-refractivity contribution in [1.82, 2.24) is 24.0 Å². The lowest BCUT2D eigenvalue weighted by molar-refractivity contribution is 0.0370. The van der Waals surface area contributed by atoms with Gasteiger partial charge in [0.15, 0.2) is 0 Å². The molecule has 4 heterocycles. The van der Waals surface area contributed by atoms with Crippen LogP contribution in [0.2, 0.25) is 5.02 Å². The first kappa shape index (κ1) is 25.1. The predicted molar refractivity (Wildman–Crippen MR) is 155 cm³/mol. The highest BCUT2D eigenvalue weighted by atomic mass is 35.5. The lowest BCUT2D eigenvalue weighted by Crippen LogP contribution is -2.37. The number of ether oxygens (including phenoxy) is 1. The van der Waals surface area contributed by atoms with E-state index in [-0.39, 0.29) is 5.56 Å². The quantitative estimate of drug-likeness (QED) is 0.288. The highest BCUT2D eigenvalue weighted by molar-refractivity contribution is 7.22. The Morgan fingerprint density at radius 1 is 1.03 bits per heavy atom. The van der Waals surface area contributed by atoms with E-state index in [0.29, 0.717) is 15.2 Å². The fourth-order valence-corrected chi connectivity index (χ4v) is 6.12. The summed E-state index contributed by atoms with van der Waals surface area (Å²) >= 11 is 7.49. The van der Waals surface area contributed by atoms with Crippen LogP contribution < -0.4 is 10.5 Å². The first-order valence-corrected chi connectivity index (χ1v) is 13.9. The lowest BCUT2D eigenvalue weighted by atomic mass is 10.2. The summed E-state index contributed by atoms with van der Waals surface area (Å²) in [5.74, 6) is 0.908. The number of aryl methyl sites for hydroxylation is 1. The van der Waals surface area contributed by atoms with Gasteiger partial charge in [0, 0.05) is 50.2 Å². The van der Waals surface area contributed by atoms with E-state index in [2.05, 4.69) is 20.5 Å². The van der Waals surface area contributed by atoms with Gasteiger partial charge in [-0.3, -0.25) is 14.3 Å². The van der Waals surface area contributed by atoms with Crippen LogP contribution in [0.1, 0.15) is 6.42 Å². The van der Waals surface area contributed by atoms with Crippen molar-refractivity contribution in [2.45, 2.75) is 13.0 Å².